The van der Waals surface area contributed by atoms with Gasteiger partial charge in [-0.25, -0.2) is 0 Å². The van der Waals surface area contributed by atoms with Gasteiger partial charge in [0.05, 0.1) is 0 Å². The molecule has 3 aromatic carbocycles. The molecular weight excluding hydrogens is 302 g/mol. The summed E-state index contributed by atoms with van der Waals surface area (Å²) in [5, 5.41) is 6.66. The second kappa shape index (κ2) is 6.16. The zero-order valence-corrected chi connectivity index (χ0v) is 14.5. The van der Waals surface area contributed by atoms with E-state index in [4.69, 9.17) is 0 Å². The van der Waals surface area contributed by atoms with Gasteiger partial charge in [-0.15, -0.1) is 0 Å². The van der Waals surface area contributed by atoms with Crippen LogP contribution in [0.2, 0.25) is 0 Å². The molecule has 0 radical (unpaired) electrons. The topological polar surface area (TPSA) is 12.0 Å². The third kappa shape index (κ3) is 2.69. The largest absolute Gasteiger partial charge is 0.310 e. The van der Waals surface area contributed by atoms with Gasteiger partial charge in [0, 0.05) is 12.6 Å². The van der Waals surface area contributed by atoms with Crippen molar-refractivity contribution in [1.29, 1.82) is 0 Å². The summed E-state index contributed by atoms with van der Waals surface area (Å²) in [7, 11) is 0. The number of benzene rings is 3. The molecule has 25 heavy (non-hydrogen) atoms. The maximum Gasteiger partial charge on any atom is 0.0151 e. The van der Waals surface area contributed by atoms with Crippen molar-refractivity contribution < 1.29 is 0 Å². The number of hydrogen-bond acceptors (Lipinski definition) is 1. The fourth-order valence-corrected chi connectivity index (χ4v) is 4.56. The minimum absolute atomic E-state index is 0.519. The molecule has 3 aromatic rings. The molecule has 2 aliphatic rings. The van der Waals surface area contributed by atoms with E-state index in [-0.39, 0.29) is 0 Å². The predicted octanol–water partition coefficient (Wildman–Crippen LogP) is 4.93. The molecule has 0 spiro atoms. The molecule has 0 fully saturated rings. The summed E-state index contributed by atoms with van der Waals surface area (Å²) < 4.78 is 0. The van der Waals surface area contributed by atoms with E-state index >= 15 is 0 Å². The summed E-state index contributed by atoms with van der Waals surface area (Å²) in [4.78, 5) is 0. The molecule has 0 aromatic heterocycles. The first-order chi connectivity index (χ1) is 12.4. The van der Waals surface area contributed by atoms with Crippen LogP contribution in [-0.4, -0.2) is 12.6 Å². The fourth-order valence-electron chi connectivity index (χ4n) is 4.56. The lowest BCUT2D eigenvalue weighted by Crippen LogP contribution is -2.34. The molecule has 0 bridgehead atoms. The Morgan fingerprint density at radius 2 is 1.68 bits per heavy atom. The van der Waals surface area contributed by atoms with Crippen molar-refractivity contribution in [2.75, 3.05) is 6.54 Å². The molecular formula is C24H23N. The van der Waals surface area contributed by atoms with Gasteiger partial charge in [-0.1, -0.05) is 66.7 Å². The van der Waals surface area contributed by atoms with Gasteiger partial charge in [0.15, 0.2) is 0 Å². The van der Waals surface area contributed by atoms with Crippen molar-refractivity contribution in [1.82, 2.24) is 5.32 Å². The summed E-state index contributed by atoms with van der Waals surface area (Å²) in [6.07, 6.45) is 6.99. The average molecular weight is 325 g/mol. The predicted molar refractivity (Wildman–Crippen MR) is 106 cm³/mol. The van der Waals surface area contributed by atoms with Crippen LogP contribution in [-0.2, 0) is 19.3 Å². The molecule has 1 heteroatoms. The summed E-state index contributed by atoms with van der Waals surface area (Å²) in [6, 6.07) is 22.9. The molecule has 0 amide bonds. The van der Waals surface area contributed by atoms with Crippen molar-refractivity contribution >= 4 is 16.3 Å². The Bertz CT molecular complexity index is 942. The van der Waals surface area contributed by atoms with E-state index in [0.717, 1.165) is 19.4 Å². The molecule has 1 unspecified atom stereocenters. The van der Waals surface area contributed by atoms with Crippen LogP contribution in [0.25, 0.3) is 16.3 Å². The third-order valence-electron chi connectivity index (χ3n) is 5.77. The highest BCUT2D eigenvalue weighted by Crippen LogP contribution is 2.37. The first kappa shape index (κ1) is 14.9. The smallest absolute Gasteiger partial charge is 0.0151 e. The Kier molecular flexibility index (Phi) is 3.68. The van der Waals surface area contributed by atoms with Gasteiger partial charge in [-0.05, 0) is 64.3 Å². The van der Waals surface area contributed by atoms with Crippen LogP contribution < -0.4 is 5.32 Å². The highest BCUT2D eigenvalue weighted by molar-refractivity contribution is 5.99. The number of hydrogen-bond donors (Lipinski definition) is 1. The fraction of sp³-hybridized carbons (Fsp3) is 0.250. The van der Waals surface area contributed by atoms with Gasteiger partial charge in [-0.2, -0.15) is 0 Å². The van der Waals surface area contributed by atoms with Crippen molar-refractivity contribution in [3.05, 3.63) is 89.0 Å². The summed E-state index contributed by atoms with van der Waals surface area (Å²) in [5.74, 6) is 0. The van der Waals surface area contributed by atoms with Gasteiger partial charge in [0.2, 0.25) is 0 Å². The zero-order valence-electron chi connectivity index (χ0n) is 14.5. The van der Waals surface area contributed by atoms with Crippen LogP contribution in [0, 0.1) is 0 Å². The van der Waals surface area contributed by atoms with E-state index in [1.807, 2.05) is 0 Å². The zero-order chi connectivity index (χ0) is 16.6. The monoisotopic (exact) mass is 325 g/mol. The molecule has 1 aliphatic heterocycles. The van der Waals surface area contributed by atoms with Crippen molar-refractivity contribution in [2.24, 2.45) is 0 Å². The lowest BCUT2D eigenvalue weighted by Gasteiger charge is -2.25. The number of aryl methyl sites for hydroxylation is 2. The Hall–Kier alpha value is -2.38. The summed E-state index contributed by atoms with van der Waals surface area (Å²) >= 11 is 0. The van der Waals surface area contributed by atoms with Crippen LogP contribution in [0.15, 0.2) is 66.7 Å². The molecule has 0 saturated carbocycles. The van der Waals surface area contributed by atoms with E-state index < -0.39 is 0 Å². The maximum absolute atomic E-state index is 3.67. The lowest BCUT2D eigenvalue weighted by atomic mass is 9.88. The van der Waals surface area contributed by atoms with Crippen LogP contribution in [0.4, 0.5) is 0 Å². The Morgan fingerprint density at radius 3 is 2.56 bits per heavy atom. The van der Waals surface area contributed by atoms with Crippen LogP contribution in [0.3, 0.4) is 0 Å². The highest BCUT2D eigenvalue weighted by atomic mass is 14.9. The van der Waals surface area contributed by atoms with Crippen molar-refractivity contribution in [2.45, 2.75) is 31.7 Å². The molecule has 1 nitrogen and oxygen atoms in total. The average Bonchev–Trinajstić information content (AvgIpc) is 3.08. The normalized spacial score (nSPS) is 19.2. The van der Waals surface area contributed by atoms with Gasteiger partial charge >= 0.3 is 0 Å². The third-order valence-corrected chi connectivity index (χ3v) is 5.77. The second-order valence-corrected chi connectivity index (χ2v) is 7.34. The van der Waals surface area contributed by atoms with E-state index in [2.05, 4.69) is 72.1 Å². The van der Waals surface area contributed by atoms with Gasteiger partial charge in [0.1, 0.15) is 0 Å². The van der Waals surface area contributed by atoms with Crippen LogP contribution in [0.1, 0.15) is 28.7 Å². The molecule has 5 rings (SSSR count). The van der Waals surface area contributed by atoms with Crippen LogP contribution >= 0.6 is 0 Å². The van der Waals surface area contributed by atoms with Crippen molar-refractivity contribution in [3.8, 4) is 0 Å². The van der Waals surface area contributed by atoms with Gasteiger partial charge in [-0.3, -0.25) is 0 Å². The van der Waals surface area contributed by atoms with Crippen molar-refractivity contribution in [3.63, 3.8) is 0 Å². The van der Waals surface area contributed by atoms with Gasteiger partial charge in [0.25, 0.3) is 0 Å². The Morgan fingerprint density at radius 1 is 0.840 bits per heavy atom. The van der Waals surface area contributed by atoms with E-state index in [1.54, 1.807) is 0 Å². The molecule has 124 valence electrons. The first-order valence-electron chi connectivity index (χ1n) is 9.39. The lowest BCUT2D eigenvalue weighted by molar-refractivity contribution is 0.533. The minimum atomic E-state index is 0.519. The Balaban J connectivity index is 1.48. The van der Waals surface area contributed by atoms with E-state index in [1.165, 1.54) is 51.4 Å². The quantitative estimate of drug-likeness (QED) is 0.720. The first-order valence-corrected chi connectivity index (χ1v) is 9.39. The van der Waals surface area contributed by atoms with Gasteiger partial charge < -0.3 is 5.32 Å². The maximum atomic E-state index is 3.67. The SMILES string of the molecule is C1=C(c2ccc3c4c(cccc24)CC3)CC(Cc2ccccc2)NC1. The summed E-state index contributed by atoms with van der Waals surface area (Å²) in [5.41, 5.74) is 7.44. The molecule has 1 aliphatic carbocycles. The standard InChI is InChI=1S/C24H23N/c1-2-5-17(6-3-1)15-21-16-20(13-14-25-21)22-12-11-19-10-9-18-7-4-8-23(22)24(18)19/h1-8,11-13,21,25H,9-10,14-16H2. The molecule has 0 saturated heterocycles. The molecule has 1 heterocycles. The summed E-state index contributed by atoms with van der Waals surface area (Å²) in [6.45, 7) is 0.968. The Labute approximate surface area is 149 Å². The number of rotatable bonds is 3. The molecule has 1 atom stereocenters. The van der Waals surface area contributed by atoms with E-state index in [9.17, 15) is 0 Å². The molecule has 1 N–H and O–H groups in total. The number of nitrogens with one attached hydrogen (secondary N) is 1. The van der Waals surface area contributed by atoms with Crippen LogP contribution in [0.5, 0.6) is 0 Å². The minimum Gasteiger partial charge on any atom is -0.310 e. The highest BCUT2D eigenvalue weighted by Gasteiger charge is 2.21. The van der Waals surface area contributed by atoms with E-state index in [0.29, 0.717) is 6.04 Å². The second-order valence-electron chi connectivity index (χ2n) is 7.34.